The Hall–Kier alpha value is -0.980. The molecule has 1 aromatic rings. The lowest BCUT2D eigenvalue weighted by atomic mass is 10.4. The van der Waals surface area contributed by atoms with Gasteiger partial charge in [-0.2, -0.15) is 0 Å². The van der Waals surface area contributed by atoms with Gasteiger partial charge in [0.1, 0.15) is 12.2 Å². The van der Waals surface area contributed by atoms with Gasteiger partial charge in [-0.3, -0.25) is 0 Å². The average molecular weight is 242 g/mol. The number of ether oxygens (including phenoxy) is 2. The molecule has 0 aliphatic carbocycles. The van der Waals surface area contributed by atoms with E-state index in [4.69, 9.17) is 9.47 Å². The highest BCUT2D eigenvalue weighted by atomic mass is 16.5. The van der Waals surface area contributed by atoms with E-state index < -0.39 is 0 Å². The molecule has 0 spiro atoms. The number of hydrogen-bond donors (Lipinski definition) is 1. The fourth-order valence-electron chi connectivity index (χ4n) is 1.42. The van der Waals surface area contributed by atoms with E-state index in [9.17, 15) is 0 Å². The molecule has 0 aliphatic rings. The largest absolute Gasteiger partial charge is 0.382 e. The number of methoxy groups -OCH3 is 1. The molecule has 1 aromatic heterocycles. The Labute approximate surface area is 102 Å². The molecule has 6 heteroatoms. The van der Waals surface area contributed by atoms with Crippen LogP contribution in [0.5, 0.6) is 0 Å². The van der Waals surface area contributed by atoms with Crippen LogP contribution in [-0.4, -0.2) is 48.2 Å². The summed E-state index contributed by atoms with van der Waals surface area (Å²) in [7, 11) is 1.68. The van der Waals surface area contributed by atoms with Crippen molar-refractivity contribution < 1.29 is 9.47 Å². The first-order valence-electron chi connectivity index (χ1n) is 6.02. The molecule has 1 rings (SSSR count). The van der Waals surface area contributed by atoms with Gasteiger partial charge < -0.3 is 19.4 Å². The number of aryl methyl sites for hydroxylation is 1. The lowest BCUT2D eigenvalue weighted by molar-refractivity contribution is 0.0694. The van der Waals surface area contributed by atoms with Crippen molar-refractivity contribution in [2.75, 3.05) is 33.5 Å². The summed E-state index contributed by atoms with van der Waals surface area (Å²) in [6, 6.07) is 0. The van der Waals surface area contributed by atoms with Gasteiger partial charge in [-0.25, -0.2) is 0 Å². The molecule has 1 heterocycles. The van der Waals surface area contributed by atoms with Crippen LogP contribution >= 0.6 is 0 Å². The van der Waals surface area contributed by atoms with Gasteiger partial charge in [0.25, 0.3) is 0 Å². The summed E-state index contributed by atoms with van der Waals surface area (Å²) in [5.41, 5.74) is 0. The van der Waals surface area contributed by atoms with E-state index in [1.165, 1.54) is 0 Å². The van der Waals surface area contributed by atoms with Gasteiger partial charge in [-0.15, -0.1) is 10.2 Å². The molecular formula is C11H22N4O2. The zero-order valence-electron chi connectivity index (χ0n) is 10.7. The summed E-state index contributed by atoms with van der Waals surface area (Å²) in [6.45, 7) is 6.75. The molecule has 0 bridgehead atoms. The SMILES string of the molecule is CCn1cnnc1CNCCCOCCOC. The van der Waals surface area contributed by atoms with Gasteiger partial charge in [-0.1, -0.05) is 0 Å². The monoisotopic (exact) mass is 242 g/mol. The topological polar surface area (TPSA) is 61.2 Å². The van der Waals surface area contributed by atoms with E-state index in [0.717, 1.165) is 38.5 Å². The van der Waals surface area contributed by atoms with Crippen molar-refractivity contribution in [2.45, 2.75) is 26.4 Å². The molecule has 0 saturated heterocycles. The lowest BCUT2D eigenvalue weighted by Gasteiger charge is -2.06. The maximum absolute atomic E-state index is 5.36. The Morgan fingerprint density at radius 2 is 2.24 bits per heavy atom. The number of nitrogens with zero attached hydrogens (tertiary/aromatic N) is 3. The zero-order valence-corrected chi connectivity index (χ0v) is 10.7. The zero-order chi connectivity index (χ0) is 12.3. The number of nitrogens with one attached hydrogen (secondary N) is 1. The third kappa shape index (κ3) is 5.76. The summed E-state index contributed by atoms with van der Waals surface area (Å²) in [6.07, 6.45) is 2.74. The predicted molar refractivity (Wildman–Crippen MR) is 64.7 cm³/mol. The summed E-state index contributed by atoms with van der Waals surface area (Å²) in [5, 5.41) is 11.2. The molecule has 0 radical (unpaired) electrons. The smallest absolute Gasteiger partial charge is 0.146 e. The highest BCUT2D eigenvalue weighted by Gasteiger charge is 2.00. The summed E-state index contributed by atoms with van der Waals surface area (Å²) < 4.78 is 12.3. The van der Waals surface area contributed by atoms with Gasteiger partial charge >= 0.3 is 0 Å². The first-order valence-corrected chi connectivity index (χ1v) is 6.02. The molecule has 0 fully saturated rings. The van der Waals surface area contributed by atoms with Gasteiger partial charge in [-0.05, 0) is 19.9 Å². The minimum absolute atomic E-state index is 0.660. The van der Waals surface area contributed by atoms with Crippen LogP contribution in [0.3, 0.4) is 0 Å². The van der Waals surface area contributed by atoms with Crippen molar-refractivity contribution in [2.24, 2.45) is 0 Å². The molecule has 1 N–H and O–H groups in total. The molecule has 0 aromatic carbocycles. The second-order valence-electron chi connectivity index (χ2n) is 3.67. The van der Waals surface area contributed by atoms with Crippen LogP contribution < -0.4 is 5.32 Å². The van der Waals surface area contributed by atoms with E-state index in [-0.39, 0.29) is 0 Å². The standard InChI is InChI=1S/C11H22N4O2/c1-3-15-10-13-14-11(15)9-12-5-4-6-17-8-7-16-2/h10,12H,3-9H2,1-2H3. The van der Waals surface area contributed by atoms with Crippen LogP contribution in [0, 0.1) is 0 Å². The minimum atomic E-state index is 0.660. The molecule has 0 unspecified atom stereocenters. The quantitative estimate of drug-likeness (QED) is 0.603. The Balaban J connectivity index is 1.97. The van der Waals surface area contributed by atoms with Crippen molar-refractivity contribution in [3.63, 3.8) is 0 Å². The van der Waals surface area contributed by atoms with Gasteiger partial charge in [0.2, 0.25) is 0 Å². The van der Waals surface area contributed by atoms with Gasteiger partial charge in [0.05, 0.1) is 19.8 Å². The molecule has 17 heavy (non-hydrogen) atoms. The molecule has 0 aliphatic heterocycles. The number of aromatic nitrogens is 3. The first kappa shape index (κ1) is 14.1. The normalized spacial score (nSPS) is 10.9. The Kier molecular flexibility index (Phi) is 7.53. The fraction of sp³-hybridized carbons (Fsp3) is 0.818. The van der Waals surface area contributed by atoms with E-state index in [1.54, 1.807) is 13.4 Å². The Bertz CT molecular complexity index is 291. The maximum atomic E-state index is 5.36. The van der Waals surface area contributed by atoms with Gasteiger partial charge in [0, 0.05) is 20.3 Å². The molecular weight excluding hydrogens is 220 g/mol. The second-order valence-corrected chi connectivity index (χ2v) is 3.67. The van der Waals surface area contributed by atoms with E-state index in [0.29, 0.717) is 13.2 Å². The highest BCUT2D eigenvalue weighted by Crippen LogP contribution is 1.93. The van der Waals surface area contributed by atoms with Crippen LogP contribution in [0.2, 0.25) is 0 Å². The predicted octanol–water partition coefficient (Wildman–Crippen LogP) is 0.441. The molecule has 0 saturated carbocycles. The summed E-state index contributed by atoms with van der Waals surface area (Å²) in [5.74, 6) is 0.979. The van der Waals surface area contributed by atoms with Crippen LogP contribution in [0.25, 0.3) is 0 Å². The Morgan fingerprint density at radius 1 is 1.35 bits per heavy atom. The lowest BCUT2D eigenvalue weighted by Crippen LogP contribution is -2.19. The number of rotatable bonds is 10. The Morgan fingerprint density at radius 3 is 3.00 bits per heavy atom. The average Bonchev–Trinajstić information content (AvgIpc) is 2.80. The van der Waals surface area contributed by atoms with E-state index >= 15 is 0 Å². The maximum Gasteiger partial charge on any atom is 0.146 e. The van der Waals surface area contributed by atoms with Crippen molar-refractivity contribution in [3.05, 3.63) is 12.2 Å². The van der Waals surface area contributed by atoms with Crippen LogP contribution in [0.15, 0.2) is 6.33 Å². The van der Waals surface area contributed by atoms with Crippen LogP contribution in [0.1, 0.15) is 19.2 Å². The van der Waals surface area contributed by atoms with E-state index in [1.807, 2.05) is 4.57 Å². The highest BCUT2D eigenvalue weighted by molar-refractivity contribution is 4.84. The first-order chi connectivity index (χ1) is 8.38. The second kappa shape index (κ2) is 9.09. The third-order valence-corrected chi connectivity index (χ3v) is 2.39. The van der Waals surface area contributed by atoms with Gasteiger partial charge in [0.15, 0.2) is 0 Å². The fourth-order valence-corrected chi connectivity index (χ4v) is 1.42. The number of hydrogen-bond acceptors (Lipinski definition) is 5. The molecule has 0 atom stereocenters. The van der Waals surface area contributed by atoms with Crippen molar-refractivity contribution in [3.8, 4) is 0 Å². The molecule has 6 nitrogen and oxygen atoms in total. The third-order valence-electron chi connectivity index (χ3n) is 2.39. The van der Waals surface area contributed by atoms with Crippen LogP contribution in [0.4, 0.5) is 0 Å². The van der Waals surface area contributed by atoms with E-state index in [2.05, 4.69) is 22.4 Å². The minimum Gasteiger partial charge on any atom is -0.382 e. The van der Waals surface area contributed by atoms with Crippen molar-refractivity contribution in [1.82, 2.24) is 20.1 Å². The van der Waals surface area contributed by atoms with Crippen molar-refractivity contribution in [1.29, 1.82) is 0 Å². The van der Waals surface area contributed by atoms with Crippen molar-refractivity contribution >= 4 is 0 Å². The summed E-state index contributed by atoms with van der Waals surface area (Å²) >= 11 is 0. The molecule has 98 valence electrons. The van der Waals surface area contributed by atoms with Crippen LogP contribution in [-0.2, 0) is 22.6 Å². The molecule has 0 amide bonds. The summed E-state index contributed by atoms with van der Waals surface area (Å²) in [4.78, 5) is 0.